The number of fused-ring (bicyclic) bond motifs is 4. The van der Waals surface area contributed by atoms with Crippen LogP contribution in [0.25, 0.3) is 22.3 Å². The lowest BCUT2D eigenvalue weighted by atomic mass is 10.0. The molecule has 0 radical (unpaired) electrons. The lowest BCUT2D eigenvalue weighted by Crippen LogP contribution is -2.27. The predicted octanol–water partition coefficient (Wildman–Crippen LogP) is 4.41. The van der Waals surface area contributed by atoms with E-state index in [4.69, 9.17) is 16.6 Å². The second-order valence-corrected chi connectivity index (χ2v) is 7.81. The van der Waals surface area contributed by atoms with Crippen LogP contribution in [0, 0.1) is 0 Å². The van der Waals surface area contributed by atoms with Crippen LogP contribution in [0.15, 0.2) is 30.7 Å². The SMILES string of the molecule is C/C(=C1/CCc2cnccc21)n1c2c(c3cc(Cl)cnc31)CN(C)CC2. The van der Waals surface area contributed by atoms with Crippen LogP contribution in [0.4, 0.5) is 0 Å². The van der Waals surface area contributed by atoms with Gasteiger partial charge < -0.3 is 9.47 Å². The number of hydrogen-bond donors (Lipinski definition) is 0. The highest BCUT2D eigenvalue weighted by atomic mass is 35.5. The minimum Gasteiger partial charge on any atom is -0.302 e. The summed E-state index contributed by atoms with van der Waals surface area (Å²) >= 11 is 6.28. The van der Waals surface area contributed by atoms with Gasteiger partial charge in [0.2, 0.25) is 0 Å². The summed E-state index contributed by atoms with van der Waals surface area (Å²) in [7, 11) is 2.18. The molecule has 0 amide bonds. The highest BCUT2D eigenvalue weighted by Crippen LogP contribution is 2.39. The monoisotopic (exact) mass is 364 g/mol. The first kappa shape index (κ1) is 16.0. The van der Waals surface area contributed by atoms with Crippen molar-refractivity contribution in [3.05, 3.63) is 58.1 Å². The third-order valence-corrected chi connectivity index (χ3v) is 6.00. The zero-order chi connectivity index (χ0) is 17.8. The van der Waals surface area contributed by atoms with Crippen LogP contribution < -0.4 is 0 Å². The first-order chi connectivity index (χ1) is 12.6. The molecule has 0 spiro atoms. The van der Waals surface area contributed by atoms with E-state index in [9.17, 15) is 0 Å². The minimum atomic E-state index is 0.702. The van der Waals surface area contributed by atoms with E-state index in [-0.39, 0.29) is 0 Å². The molecule has 132 valence electrons. The number of aromatic nitrogens is 3. The highest BCUT2D eigenvalue weighted by Gasteiger charge is 2.26. The van der Waals surface area contributed by atoms with Crippen molar-refractivity contribution in [2.24, 2.45) is 0 Å². The fourth-order valence-corrected chi connectivity index (χ4v) is 4.68. The van der Waals surface area contributed by atoms with Crippen LogP contribution in [0.5, 0.6) is 0 Å². The molecule has 3 aromatic heterocycles. The van der Waals surface area contributed by atoms with Gasteiger partial charge in [0, 0.05) is 54.9 Å². The maximum absolute atomic E-state index is 6.28. The van der Waals surface area contributed by atoms with E-state index in [0.29, 0.717) is 5.02 Å². The number of rotatable bonds is 1. The molecule has 0 saturated heterocycles. The molecule has 0 aromatic carbocycles. The van der Waals surface area contributed by atoms with Crippen LogP contribution in [0.1, 0.15) is 35.7 Å². The largest absolute Gasteiger partial charge is 0.302 e. The van der Waals surface area contributed by atoms with E-state index < -0.39 is 0 Å². The topological polar surface area (TPSA) is 34.0 Å². The molecule has 4 nitrogen and oxygen atoms in total. The van der Waals surface area contributed by atoms with Gasteiger partial charge >= 0.3 is 0 Å². The molecule has 0 bridgehead atoms. The van der Waals surface area contributed by atoms with Gasteiger partial charge in [0.05, 0.1) is 5.02 Å². The Morgan fingerprint density at radius 3 is 2.96 bits per heavy atom. The summed E-state index contributed by atoms with van der Waals surface area (Å²) in [5.41, 5.74) is 9.19. The zero-order valence-corrected chi connectivity index (χ0v) is 15.8. The molecule has 5 rings (SSSR count). The molecule has 1 aliphatic heterocycles. The predicted molar refractivity (Wildman–Crippen MR) is 106 cm³/mol. The van der Waals surface area contributed by atoms with E-state index >= 15 is 0 Å². The van der Waals surface area contributed by atoms with E-state index in [0.717, 1.165) is 38.0 Å². The third-order valence-electron chi connectivity index (χ3n) is 5.79. The second kappa shape index (κ2) is 5.93. The molecule has 2 aliphatic rings. The molecule has 1 aliphatic carbocycles. The fraction of sp³-hybridized carbons (Fsp3) is 0.333. The molecular weight excluding hydrogens is 344 g/mol. The average Bonchev–Trinajstić information content (AvgIpc) is 3.20. The van der Waals surface area contributed by atoms with Crippen molar-refractivity contribution in [3.8, 4) is 0 Å². The molecule has 3 aromatic rings. The Morgan fingerprint density at radius 1 is 1.19 bits per heavy atom. The van der Waals surface area contributed by atoms with Crippen molar-refractivity contribution in [2.45, 2.75) is 32.7 Å². The van der Waals surface area contributed by atoms with Gasteiger partial charge in [-0.3, -0.25) is 4.98 Å². The van der Waals surface area contributed by atoms with Gasteiger partial charge in [0.1, 0.15) is 5.65 Å². The molecular formula is C21H21ClN4. The highest BCUT2D eigenvalue weighted by molar-refractivity contribution is 6.31. The van der Waals surface area contributed by atoms with E-state index in [1.165, 1.54) is 39.0 Å². The Hall–Kier alpha value is -2.17. The summed E-state index contributed by atoms with van der Waals surface area (Å²) in [5, 5.41) is 1.89. The molecule has 0 unspecified atom stereocenters. The average molecular weight is 365 g/mol. The molecule has 0 fully saturated rings. The Labute approximate surface area is 158 Å². The normalized spacial score (nSPS) is 18.9. The molecule has 0 N–H and O–H groups in total. The van der Waals surface area contributed by atoms with Gasteiger partial charge in [-0.1, -0.05) is 11.6 Å². The molecule has 0 saturated carbocycles. The van der Waals surface area contributed by atoms with Crippen molar-refractivity contribution in [1.29, 1.82) is 0 Å². The van der Waals surface area contributed by atoms with Crippen LogP contribution in [-0.4, -0.2) is 33.0 Å². The maximum atomic E-state index is 6.28. The maximum Gasteiger partial charge on any atom is 0.144 e. The first-order valence-electron chi connectivity index (χ1n) is 9.13. The standard InChI is InChI=1S/C21H21ClN4/c1-13(16-4-3-14-10-23-7-5-17(14)16)26-20-6-8-25(2)12-19(20)18-9-15(22)11-24-21(18)26/h5,7,9-11H,3-4,6,8,12H2,1-2H3/b16-13+. The third kappa shape index (κ3) is 2.32. The van der Waals surface area contributed by atoms with Gasteiger partial charge in [0.15, 0.2) is 0 Å². The molecule has 26 heavy (non-hydrogen) atoms. The number of hydrogen-bond acceptors (Lipinski definition) is 3. The van der Waals surface area contributed by atoms with Crippen LogP contribution in [0.2, 0.25) is 5.02 Å². The Kier molecular flexibility index (Phi) is 3.66. The first-order valence-corrected chi connectivity index (χ1v) is 9.51. The summed E-state index contributed by atoms with van der Waals surface area (Å²) < 4.78 is 2.39. The smallest absolute Gasteiger partial charge is 0.144 e. The summed E-state index contributed by atoms with van der Waals surface area (Å²) in [6.07, 6.45) is 8.83. The number of nitrogens with zero attached hydrogens (tertiary/aromatic N) is 4. The fourth-order valence-electron chi connectivity index (χ4n) is 4.52. The van der Waals surface area contributed by atoms with Crippen molar-refractivity contribution in [1.82, 2.24) is 19.4 Å². The number of pyridine rings is 2. The summed E-state index contributed by atoms with van der Waals surface area (Å²) in [4.78, 5) is 11.4. The van der Waals surface area contributed by atoms with Crippen molar-refractivity contribution in [3.63, 3.8) is 0 Å². The lowest BCUT2D eigenvalue weighted by Gasteiger charge is -2.24. The van der Waals surface area contributed by atoms with E-state index in [2.05, 4.69) is 40.6 Å². The van der Waals surface area contributed by atoms with Crippen LogP contribution >= 0.6 is 11.6 Å². The number of likely N-dealkylation sites (N-methyl/N-ethyl adjacent to an activating group) is 1. The van der Waals surface area contributed by atoms with E-state index in [1.54, 1.807) is 6.20 Å². The zero-order valence-electron chi connectivity index (χ0n) is 15.1. The van der Waals surface area contributed by atoms with Crippen molar-refractivity contribution in [2.75, 3.05) is 13.6 Å². The Balaban J connectivity index is 1.79. The lowest BCUT2D eigenvalue weighted by molar-refractivity contribution is 0.311. The quantitative estimate of drug-likeness (QED) is 0.641. The van der Waals surface area contributed by atoms with Crippen LogP contribution in [0.3, 0.4) is 0 Å². The summed E-state index contributed by atoms with van der Waals surface area (Å²) in [6, 6.07) is 4.22. The van der Waals surface area contributed by atoms with Gasteiger partial charge in [-0.15, -0.1) is 0 Å². The van der Waals surface area contributed by atoms with Gasteiger partial charge in [0.25, 0.3) is 0 Å². The van der Waals surface area contributed by atoms with Gasteiger partial charge in [-0.05, 0) is 61.2 Å². The number of aryl methyl sites for hydroxylation is 1. The van der Waals surface area contributed by atoms with E-state index in [1.807, 2.05) is 12.4 Å². The summed E-state index contributed by atoms with van der Waals surface area (Å²) in [6.45, 7) is 4.25. The second-order valence-electron chi connectivity index (χ2n) is 7.37. The molecule has 0 atom stereocenters. The van der Waals surface area contributed by atoms with Gasteiger partial charge in [-0.2, -0.15) is 0 Å². The number of allylic oxidation sites excluding steroid dienone is 2. The van der Waals surface area contributed by atoms with Crippen molar-refractivity contribution >= 4 is 33.9 Å². The van der Waals surface area contributed by atoms with Crippen molar-refractivity contribution < 1.29 is 0 Å². The minimum absolute atomic E-state index is 0.702. The molecule has 5 heteroatoms. The van der Waals surface area contributed by atoms with Crippen LogP contribution in [-0.2, 0) is 19.4 Å². The Morgan fingerprint density at radius 2 is 2.08 bits per heavy atom. The Bertz CT molecular complexity index is 1060. The van der Waals surface area contributed by atoms with Gasteiger partial charge in [-0.25, -0.2) is 4.98 Å². The number of halogens is 1. The summed E-state index contributed by atoms with van der Waals surface area (Å²) in [5.74, 6) is 0. The molecule has 4 heterocycles.